The summed E-state index contributed by atoms with van der Waals surface area (Å²) in [5.74, 6) is 0.362. The largest absolute Gasteiger partial charge is 0.366 e. The van der Waals surface area contributed by atoms with Crippen LogP contribution in [0.1, 0.15) is 33.1 Å². The molecule has 4 N–H and O–H groups in total. The molecule has 0 spiro atoms. The average Bonchev–Trinajstić information content (AvgIpc) is 2.82. The summed E-state index contributed by atoms with van der Waals surface area (Å²) in [4.78, 5) is 14.6. The zero-order valence-electron chi connectivity index (χ0n) is 21.3. The van der Waals surface area contributed by atoms with Gasteiger partial charge in [0.1, 0.15) is 4.90 Å². The topological polar surface area (TPSA) is 103 Å². The van der Waals surface area contributed by atoms with Gasteiger partial charge in [-0.3, -0.25) is 0 Å². The van der Waals surface area contributed by atoms with Crippen LogP contribution in [-0.4, -0.2) is 57.2 Å². The molecule has 0 aromatic heterocycles. The number of hydrogen-bond acceptors (Lipinski definition) is 4. The molecule has 1 atom stereocenters. The van der Waals surface area contributed by atoms with Crippen molar-refractivity contribution in [2.24, 2.45) is 5.92 Å². The van der Waals surface area contributed by atoms with Gasteiger partial charge in [0.05, 0.1) is 5.02 Å². The molecule has 0 bridgehead atoms. The highest BCUT2D eigenvalue weighted by Crippen LogP contribution is 2.24. The number of carbonyl (C=O) groups excluding carboxylic acids is 1. The molecule has 0 aliphatic rings. The number of amides is 2. The van der Waals surface area contributed by atoms with Crippen LogP contribution in [-0.2, 0) is 10.0 Å². The maximum atomic E-state index is 12.6. The van der Waals surface area contributed by atoms with E-state index in [9.17, 15) is 13.2 Å². The smallest absolute Gasteiger partial charge is 0.319 e. The first-order valence-corrected chi connectivity index (χ1v) is 14.7. The third-order valence-corrected chi connectivity index (χ3v) is 8.04. The number of urea groups is 1. The summed E-state index contributed by atoms with van der Waals surface area (Å²) in [6, 6.07) is 13.1. The molecule has 2 rings (SSSR count). The van der Waals surface area contributed by atoms with Crippen LogP contribution in [0, 0.1) is 5.92 Å². The first-order valence-electron chi connectivity index (χ1n) is 12.1. The summed E-state index contributed by atoms with van der Waals surface area (Å²) < 4.78 is 27.7. The lowest BCUT2D eigenvalue weighted by Gasteiger charge is -2.31. The number of unbranched alkanes of at least 4 members (excludes halogenated alkanes) is 1. The van der Waals surface area contributed by atoms with Crippen LogP contribution in [0.2, 0.25) is 10.0 Å². The van der Waals surface area contributed by atoms with Gasteiger partial charge in [-0.15, -0.1) is 0 Å². The van der Waals surface area contributed by atoms with E-state index in [0.29, 0.717) is 47.7 Å². The van der Waals surface area contributed by atoms with Gasteiger partial charge in [-0.1, -0.05) is 55.2 Å². The van der Waals surface area contributed by atoms with E-state index in [1.807, 2.05) is 35.2 Å². The van der Waals surface area contributed by atoms with E-state index in [1.54, 1.807) is 7.05 Å². The van der Waals surface area contributed by atoms with Gasteiger partial charge in [0.25, 0.3) is 0 Å². The van der Waals surface area contributed by atoms with Crippen molar-refractivity contribution in [1.29, 1.82) is 0 Å². The number of hydrogen-bond donors (Lipinski definition) is 4. The number of halogens is 2. The Labute approximate surface area is 235 Å². The van der Waals surface area contributed by atoms with Crippen LogP contribution >= 0.6 is 35.4 Å². The number of carbonyl (C=O) groups is 1. The van der Waals surface area contributed by atoms with Crippen LogP contribution in [0.15, 0.2) is 53.4 Å². The Balaban J connectivity index is 1.92. The predicted molar refractivity (Wildman–Crippen MR) is 156 cm³/mol. The number of thiocarbonyl (C=S) groups is 1. The van der Waals surface area contributed by atoms with Crippen LogP contribution < -0.4 is 20.7 Å². The molecule has 0 saturated carbocycles. The van der Waals surface area contributed by atoms with E-state index in [4.69, 9.17) is 35.4 Å². The number of sulfonamides is 1. The van der Waals surface area contributed by atoms with Gasteiger partial charge in [0, 0.05) is 43.4 Å². The second kappa shape index (κ2) is 15.3. The Morgan fingerprint density at radius 2 is 1.78 bits per heavy atom. The molecule has 0 radical (unpaired) electrons. The van der Waals surface area contributed by atoms with Crippen LogP contribution in [0.5, 0.6) is 0 Å². The number of rotatable bonds is 13. The zero-order valence-corrected chi connectivity index (χ0v) is 24.4. The first-order chi connectivity index (χ1) is 17.5. The number of nitrogens with one attached hydrogen (secondary N) is 4. The quantitative estimate of drug-likeness (QED) is 0.192. The van der Waals surface area contributed by atoms with E-state index in [-0.39, 0.29) is 28.5 Å². The number of anilines is 1. The summed E-state index contributed by atoms with van der Waals surface area (Å²) in [5.41, 5.74) is 0.716. The summed E-state index contributed by atoms with van der Waals surface area (Å²) in [6.45, 7) is 5.56. The van der Waals surface area contributed by atoms with Crippen molar-refractivity contribution >= 4 is 62.3 Å². The van der Waals surface area contributed by atoms with Crippen LogP contribution in [0.4, 0.5) is 10.5 Å². The van der Waals surface area contributed by atoms with E-state index in [0.717, 1.165) is 6.42 Å². The molecule has 0 saturated heterocycles. The standard InChI is InChI=1S/C25H35Cl2N5O3S2/c1-18(2)15-21(31-24(33)30-20-9-5-4-6-10-20)17-32(25(36)28-3)14-8-7-13-29-37(34,35)23-12-11-19(26)16-22(23)27/h4-6,9-12,16,18,21,29H,7-8,13-15,17H2,1-3H3,(H,28,36)(H2,30,31,33)/t21-/m0/s1. The highest BCUT2D eigenvalue weighted by molar-refractivity contribution is 7.89. The van der Waals surface area contributed by atoms with E-state index < -0.39 is 10.0 Å². The van der Waals surface area contributed by atoms with Crippen molar-refractivity contribution in [3.8, 4) is 0 Å². The fraction of sp³-hybridized carbons (Fsp3) is 0.440. The Morgan fingerprint density at radius 1 is 1.08 bits per heavy atom. The first kappa shape index (κ1) is 31.1. The molecule has 2 amide bonds. The Bertz CT molecular complexity index is 1130. The molecule has 12 heteroatoms. The van der Waals surface area contributed by atoms with Crippen LogP contribution in [0.3, 0.4) is 0 Å². The monoisotopic (exact) mass is 587 g/mol. The number of nitrogens with zero attached hydrogens (tertiary/aromatic N) is 1. The van der Waals surface area contributed by atoms with E-state index >= 15 is 0 Å². The highest BCUT2D eigenvalue weighted by atomic mass is 35.5. The molecule has 37 heavy (non-hydrogen) atoms. The van der Waals surface area contributed by atoms with Gasteiger partial charge < -0.3 is 20.9 Å². The number of para-hydroxylation sites is 1. The molecular weight excluding hydrogens is 553 g/mol. The fourth-order valence-electron chi connectivity index (χ4n) is 3.73. The molecular formula is C25H35Cl2N5O3S2. The van der Waals surface area contributed by atoms with E-state index in [2.05, 4.69) is 34.5 Å². The molecule has 2 aromatic rings. The molecule has 0 heterocycles. The predicted octanol–water partition coefficient (Wildman–Crippen LogP) is 5.09. The number of benzene rings is 2. The molecule has 0 unspecified atom stereocenters. The molecule has 204 valence electrons. The fourth-order valence-corrected chi connectivity index (χ4v) is 5.74. The van der Waals surface area contributed by atoms with Gasteiger partial charge in [-0.05, 0) is 67.7 Å². The van der Waals surface area contributed by atoms with Gasteiger partial charge in [0.2, 0.25) is 10.0 Å². The second-order valence-electron chi connectivity index (χ2n) is 8.97. The van der Waals surface area contributed by atoms with E-state index in [1.165, 1.54) is 18.2 Å². The molecule has 8 nitrogen and oxygen atoms in total. The lowest BCUT2D eigenvalue weighted by atomic mass is 10.0. The highest BCUT2D eigenvalue weighted by Gasteiger charge is 2.20. The molecule has 0 aliphatic heterocycles. The molecule has 0 fully saturated rings. The normalized spacial score (nSPS) is 12.2. The third-order valence-electron chi connectivity index (χ3n) is 5.39. The zero-order chi connectivity index (χ0) is 27.4. The summed E-state index contributed by atoms with van der Waals surface area (Å²) in [6.07, 6.45) is 2.04. The Kier molecular flexibility index (Phi) is 12.9. The van der Waals surface area contributed by atoms with Crippen LogP contribution in [0.25, 0.3) is 0 Å². The summed E-state index contributed by atoms with van der Waals surface area (Å²) >= 11 is 17.4. The van der Waals surface area contributed by atoms with Crippen molar-refractivity contribution in [2.45, 2.75) is 44.0 Å². The van der Waals surface area contributed by atoms with Gasteiger partial charge in [-0.2, -0.15) is 0 Å². The maximum Gasteiger partial charge on any atom is 0.319 e. The molecule has 0 aliphatic carbocycles. The minimum absolute atomic E-state index is 0.00654. The van der Waals surface area contributed by atoms with Crippen molar-refractivity contribution in [2.75, 3.05) is 32.0 Å². The van der Waals surface area contributed by atoms with Crippen molar-refractivity contribution < 1.29 is 13.2 Å². The van der Waals surface area contributed by atoms with Gasteiger partial charge in [-0.25, -0.2) is 17.9 Å². The third kappa shape index (κ3) is 11.0. The maximum absolute atomic E-state index is 12.6. The summed E-state index contributed by atoms with van der Waals surface area (Å²) in [5, 5.41) is 9.93. The Hall–Kier alpha value is -2.11. The SMILES string of the molecule is CNC(=S)N(CCCCNS(=O)(=O)c1ccc(Cl)cc1Cl)C[C@H](CC(C)C)NC(=O)Nc1ccccc1. The van der Waals surface area contributed by atoms with Gasteiger partial charge in [0.15, 0.2) is 5.11 Å². The lowest BCUT2D eigenvalue weighted by Crippen LogP contribution is -2.49. The minimum Gasteiger partial charge on any atom is -0.366 e. The lowest BCUT2D eigenvalue weighted by molar-refractivity contribution is 0.240. The van der Waals surface area contributed by atoms with Crippen molar-refractivity contribution in [3.05, 3.63) is 58.6 Å². The minimum atomic E-state index is -3.75. The second-order valence-corrected chi connectivity index (χ2v) is 11.9. The molecule has 2 aromatic carbocycles. The average molecular weight is 589 g/mol. The van der Waals surface area contributed by atoms with Crippen molar-refractivity contribution in [1.82, 2.24) is 20.3 Å². The van der Waals surface area contributed by atoms with Gasteiger partial charge >= 0.3 is 6.03 Å². The van der Waals surface area contributed by atoms with Crippen molar-refractivity contribution in [3.63, 3.8) is 0 Å². The summed E-state index contributed by atoms with van der Waals surface area (Å²) in [7, 11) is -1.99. The Morgan fingerprint density at radius 3 is 2.41 bits per heavy atom.